The Morgan fingerprint density at radius 3 is 2.67 bits per heavy atom. The van der Waals surface area contributed by atoms with Gasteiger partial charge in [-0.3, -0.25) is 9.52 Å². The first kappa shape index (κ1) is 24.9. The molecular formula is C20H23ClF2N6O3S. The van der Waals surface area contributed by atoms with Crippen molar-refractivity contribution in [3.05, 3.63) is 53.1 Å². The number of nitrogens with zero attached hydrogens (tertiary/aromatic N) is 3. The lowest BCUT2D eigenvalue weighted by Gasteiger charge is -2.21. The quantitative estimate of drug-likeness (QED) is 0.197. The maximum atomic E-state index is 12.4. The van der Waals surface area contributed by atoms with Gasteiger partial charge in [0.1, 0.15) is 11.9 Å². The number of alkyl halides is 2. The number of carbonyl (C=O) groups is 1. The van der Waals surface area contributed by atoms with Gasteiger partial charge < -0.3 is 14.8 Å². The maximum Gasteiger partial charge on any atom is 0.387 e. The Labute approximate surface area is 198 Å². The Morgan fingerprint density at radius 2 is 2.03 bits per heavy atom. The summed E-state index contributed by atoms with van der Waals surface area (Å²) in [7, 11) is 1.56. The molecule has 2 aromatic rings. The van der Waals surface area contributed by atoms with Gasteiger partial charge in [-0.15, -0.1) is 5.10 Å². The SMILES string of the molecule is CO[C@H](c1ncc(Cl)cn1)C(C)SN/C(=N/NC(=O)c1cccc(OC(F)F)c1)NC1CC1. The molecule has 3 N–H and O–H groups in total. The fourth-order valence-electron chi connectivity index (χ4n) is 2.68. The summed E-state index contributed by atoms with van der Waals surface area (Å²) in [6, 6.07) is 5.72. The number of carbonyl (C=O) groups excluding carboxylic acids is 1. The molecule has 9 nitrogen and oxygen atoms in total. The molecule has 0 radical (unpaired) electrons. The Kier molecular flexibility index (Phi) is 9.03. The topological polar surface area (TPSA) is 110 Å². The average Bonchev–Trinajstić information content (AvgIpc) is 3.61. The van der Waals surface area contributed by atoms with Gasteiger partial charge in [0.05, 0.1) is 10.3 Å². The van der Waals surface area contributed by atoms with E-state index in [-0.39, 0.29) is 22.6 Å². The van der Waals surface area contributed by atoms with E-state index in [2.05, 4.69) is 35.3 Å². The van der Waals surface area contributed by atoms with Gasteiger partial charge in [-0.05, 0) is 49.9 Å². The fraction of sp³-hybridized carbons (Fsp3) is 0.400. The lowest BCUT2D eigenvalue weighted by atomic mass is 10.2. The van der Waals surface area contributed by atoms with E-state index in [1.54, 1.807) is 7.11 Å². The van der Waals surface area contributed by atoms with Crippen LogP contribution in [0.3, 0.4) is 0 Å². The molecule has 1 aromatic carbocycles. The van der Waals surface area contributed by atoms with Gasteiger partial charge in [0.15, 0.2) is 5.82 Å². The van der Waals surface area contributed by atoms with Crippen LogP contribution in [0.5, 0.6) is 5.75 Å². The van der Waals surface area contributed by atoms with E-state index < -0.39 is 18.6 Å². The molecule has 0 aliphatic heterocycles. The molecule has 3 rings (SSSR count). The van der Waals surface area contributed by atoms with Crippen molar-refractivity contribution in [1.29, 1.82) is 0 Å². The van der Waals surface area contributed by atoms with Crippen LogP contribution >= 0.6 is 23.5 Å². The summed E-state index contributed by atoms with van der Waals surface area (Å²) in [6.45, 7) is -1.06. The monoisotopic (exact) mass is 500 g/mol. The number of rotatable bonds is 10. The number of halogens is 3. The molecule has 2 atom stereocenters. The van der Waals surface area contributed by atoms with E-state index in [1.165, 1.54) is 48.6 Å². The second kappa shape index (κ2) is 12.0. The average molecular weight is 501 g/mol. The number of hydrogen-bond donors (Lipinski definition) is 3. The van der Waals surface area contributed by atoms with E-state index in [1.807, 2.05) is 6.92 Å². The zero-order valence-electron chi connectivity index (χ0n) is 17.8. The summed E-state index contributed by atoms with van der Waals surface area (Å²) in [5.74, 6) is 0.135. The summed E-state index contributed by atoms with van der Waals surface area (Å²) in [5.41, 5.74) is 2.54. The Balaban J connectivity index is 1.62. The molecule has 0 spiro atoms. The number of ether oxygens (including phenoxy) is 2. The predicted molar refractivity (Wildman–Crippen MR) is 121 cm³/mol. The summed E-state index contributed by atoms with van der Waals surface area (Å²) in [4.78, 5) is 20.8. The highest BCUT2D eigenvalue weighted by molar-refractivity contribution is 7.98. The number of nitrogens with one attached hydrogen (secondary N) is 3. The molecule has 0 saturated heterocycles. The number of hydrogen-bond acceptors (Lipinski definition) is 7. The number of methoxy groups -OCH3 is 1. The van der Waals surface area contributed by atoms with Crippen LogP contribution in [0.4, 0.5) is 8.78 Å². The van der Waals surface area contributed by atoms with Crippen molar-refractivity contribution >= 4 is 35.4 Å². The largest absolute Gasteiger partial charge is 0.435 e. The number of benzene rings is 1. The number of amides is 1. The zero-order chi connectivity index (χ0) is 23.8. The van der Waals surface area contributed by atoms with Crippen LogP contribution in [0.1, 0.15) is 42.1 Å². The normalized spacial score (nSPS) is 15.6. The van der Waals surface area contributed by atoms with Gasteiger partial charge in [0.25, 0.3) is 5.91 Å². The standard InChI is InChI=1S/C20H23ClF2N6O3S/c1-11(16(31-2)17-24-9-13(21)10-25-17)33-29-20(26-14-6-7-14)28-27-18(30)12-4-3-5-15(8-12)32-19(22)23/h3-5,8-11,14,16,19H,6-7H2,1-2H3,(H,27,30)(H2,26,28,29)/t11?,16-/m0/s1. The van der Waals surface area contributed by atoms with Crippen molar-refractivity contribution in [2.24, 2.45) is 5.10 Å². The molecule has 1 aromatic heterocycles. The minimum atomic E-state index is -2.98. The third-order valence-electron chi connectivity index (χ3n) is 4.43. The summed E-state index contributed by atoms with van der Waals surface area (Å²) in [5, 5.41) is 7.58. The van der Waals surface area contributed by atoms with Gasteiger partial charge >= 0.3 is 6.61 Å². The highest BCUT2D eigenvalue weighted by atomic mass is 35.5. The first-order valence-electron chi connectivity index (χ1n) is 9.97. The smallest absolute Gasteiger partial charge is 0.387 e. The van der Waals surface area contributed by atoms with Crippen LogP contribution in [0.25, 0.3) is 0 Å². The van der Waals surface area contributed by atoms with Crippen LogP contribution in [0.2, 0.25) is 5.02 Å². The zero-order valence-corrected chi connectivity index (χ0v) is 19.4. The van der Waals surface area contributed by atoms with Gasteiger partial charge in [0.2, 0.25) is 5.96 Å². The fourth-order valence-corrected chi connectivity index (χ4v) is 3.53. The summed E-state index contributed by atoms with van der Waals surface area (Å²) < 4.78 is 37.8. The van der Waals surface area contributed by atoms with Crippen LogP contribution in [0.15, 0.2) is 41.8 Å². The number of hydrazone groups is 1. The van der Waals surface area contributed by atoms with Crippen molar-refractivity contribution in [2.75, 3.05) is 7.11 Å². The molecule has 1 aliphatic carbocycles. The van der Waals surface area contributed by atoms with Gasteiger partial charge in [-0.25, -0.2) is 15.4 Å². The number of guanidine groups is 1. The van der Waals surface area contributed by atoms with Crippen LogP contribution < -0.4 is 20.2 Å². The molecule has 1 unspecified atom stereocenters. The Morgan fingerprint density at radius 1 is 1.30 bits per heavy atom. The van der Waals surface area contributed by atoms with Crippen molar-refractivity contribution in [2.45, 2.75) is 43.8 Å². The van der Waals surface area contributed by atoms with Crippen molar-refractivity contribution < 1.29 is 23.0 Å². The van der Waals surface area contributed by atoms with E-state index in [4.69, 9.17) is 16.3 Å². The van der Waals surface area contributed by atoms with Gasteiger partial charge in [-0.2, -0.15) is 8.78 Å². The molecular weight excluding hydrogens is 478 g/mol. The first-order valence-corrected chi connectivity index (χ1v) is 11.2. The highest BCUT2D eigenvalue weighted by Crippen LogP contribution is 2.26. The van der Waals surface area contributed by atoms with Crippen LogP contribution in [-0.2, 0) is 4.74 Å². The minimum Gasteiger partial charge on any atom is -0.435 e. The summed E-state index contributed by atoms with van der Waals surface area (Å²) in [6.07, 6.45) is 4.55. The highest BCUT2D eigenvalue weighted by Gasteiger charge is 2.26. The predicted octanol–water partition coefficient (Wildman–Crippen LogP) is 3.50. The molecule has 33 heavy (non-hydrogen) atoms. The second-order valence-corrected chi connectivity index (χ2v) is 8.69. The lowest BCUT2D eigenvalue weighted by Crippen LogP contribution is -2.39. The molecule has 1 fully saturated rings. The molecule has 1 heterocycles. The van der Waals surface area contributed by atoms with E-state index >= 15 is 0 Å². The van der Waals surface area contributed by atoms with E-state index in [9.17, 15) is 13.6 Å². The molecule has 1 aliphatic rings. The molecule has 13 heteroatoms. The minimum absolute atomic E-state index is 0.115. The molecule has 1 amide bonds. The Hall–Kier alpha value is -2.70. The van der Waals surface area contributed by atoms with Crippen molar-refractivity contribution in [3.63, 3.8) is 0 Å². The van der Waals surface area contributed by atoms with Crippen molar-refractivity contribution in [1.82, 2.24) is 25.4 Å². The third kappa shape index (κ3) is 7.98. The lowest BCUT2D eigenvalue weighted by molar-refractivity contribution is -0.0498. The van der Waals surface area contributed by atoms with Gasteiger partial charge in [-0.1, -0.05) is 17.7 Å². The Bertz CT molecular complexity index is 965. The number of aromatic nitrogens is 2. The third-order valence-corrected chi connectivity index (χ3v) is 5.55. The molecule has 0 bridgehead atoms. The van der Waals surface area contributed by atoms with E-state index in [0.717, 1.165) is 12.8 Å². The van der Waals surface area contributed by atoms with Gasteiger partial charge in [0, 0.05) is 31.1 Å². The second-order valence-electron chi connectivity index (χ2n) is 7.07. The van der Waals surface area contributed by atoms with Crippen molar-refractivity contribution in [3.8, 4) is 5.75 Å². The summed E-state index contributed by atoms with van der Waals surface area (Å²) >= 11 is 7.16. The maximum absolute atomic E-state index is 12.4. The van der Waals surface area contributed by atoms with Crippen LogP contribution in [-0.4, -0.2) is 46.8 Å². The van der Waals surface area contributed by atoms with Crippen LogP contribution in [0, 0.1) is 0 Å². The van der Waals surface area contributed by atoms with E-state index in [0.29, 0.717) is 16.8 Å². The molecule has 178 valence electrons. The first-order chi connectivity index (χ1) is 15.9. The molecule has 1 saturated carbocycles.